The molecule has 3 aromatic rings. The van der Waals surface area contributed by atoms with Gasteiger partial charge in [0.25, 0.3) is 5.91 Å². The summed E-state index contributed by atoms with van der Waals surface area (Å²) in [7, 11) is 3.75. The number of carbonyl (C=O) groups excluding carboxylic acids is 1. The standard InChI is InChI=1S/C18H20N4O/c1-21-12-6-9-16(21)15-13-17(22(2)20-15)18(23)19-11-10-14-7-4-3-5-8-14/h3-9,12-13H,10-11H2,1-2H3,(H,19,23). The summed E-state index contributed by atoms with van der Waals surface area (Å²) in [5.74, 6) is -0.101. The maximum Gasteiger partial charge on any atom is 0.269 e. The minimum atomic E-state index is -0.101. The van der Waals surface area contributed by atoms with Crippen LogP contribution in [0.4, 0.5) is 0 Å². The molecule has 5 heteroatoms. The van der Waals surface area contributed by atoms with Crippen molar-refractivity contribution in [3.05, 3.63) is 66.0 Å². The molecule has 0 aliphatic rings. The van der Waals surface area contributed by atoms with E-state index in [1.54, 1.807) is 11.7 Å². The Balaban J connectivity index is 1.66. The number of aryl methyl sites for hydroxylation is 2. The second-order valence-electron chi connectivity index (χ2n) is 5.53. The molecule has 0 saturated heterocycles. The summed E-state index contributed by atoms with van der Waals surface area (Å²) >= 11 is 0. The first-order chi connectivity index (χ1) is 11.1. The molecule has 0 unspecified atom stereocenters. The predicted octanol–water partition coefficient (Wildman–Crippen LogP) is 2.40. The Morgan fingerprint density at radius 1 is 1.13 bits per heavy atom. The molecule has 2 aromatic heterocycles. The van der Waals surface area contributed by atoms with Crippen molar-refractivity contribution in [2.75, 3.05) is 6.54 Å². The van der Waals surface area contributed by atoms with Gasteiger partial charge in [-0.2, -0.15) is 5.10 Å². The molecule has 0 atom stereocenters. The second kappa shape index (κ2) is 6.52. The Kier molecular flexibility index (Phi) is 4.28. The van der Waals surface area contributed by atoms with Crippen molar-refractivity contribution in [1.82, 2.24) is 19.7 Å². The first-order valence-corrected chi connectivity index (χ1v) is 7.63. The molecule has 0 fully saturated rings. The third kappa shape index (κ3) is 3.34. The fraction of sp³-hybridized carbons (Fsp3) is 0.222. The van der Waals surface area contributed by atoms with Gasteiger partial charge in [-0.1, -0.05) is 30.3 Å². The van der Waals surface area contributed by atoms with Gasteiger partial charge < -0.3 is 9.88 Å². The van der Waals surface area contributed by atoms with Crippen LogP contribution in [0.1, 0.15) is 16.1 Å². The van der Waals surface area contributed by atoms with Gasteiger partial charge >= 0.3 is 0 Å². The zero-order valence-electron chi connectivity index (χ0n) is 13.4. The van der Waals surface area contributed by atoms with Crippen LogP contribution in [0.15, 0.2) is 54.7 Å². The summed E-state index contributed by atoms with van der Waals surface area (Å²) in [6, 6.07) is 15.9. The summed E-state index contributed by atoms with van der Waals surface area (Å²) in [5, 5.41) is 7.39. The first-order valence-electron chi connectivity index (χ1n) is 7.63. The number of nitrogens with zero attached hydrogens (tertiary/aromatic N) is 3. The van der Waals surface area contributed by atoms with E-state index in [4.69, 9.17) is 0 Å². The van der Waals surface area contributed by atoms with E-state index < -0.39 is 0 Å². The molecule has 3 rings (SSSR count). The quantitative estimate of drug-likeness (QED) is 0.787. The number of aromatic nitrogens is 3. The van der Waals surface area contributed by atoms with Crippen molar-refractivity contribution in [1.29, 1.82) is 0 Å². The highest BCUT2D eigenvalue weighted by atomic mass is 16.2. The van der Waals surface area contributed by atoms with Gasteiger partial charge in [0.05, 0.1) is 5.69 Å². The average molecular weight is 308 g/mol. The molecule has 0 radical (unpaired) electrons. The third-order valence-electron chi connectivity index (χ3n) is 3.86. The molecule has 0 aliphatic heterocycles. The molecule has 0 saturated carbocycles. The number of carbonyl (C=O) groups is 1. The molecule has 5 nitrogen and oxygen atoms in total. The number of hydrogen-bond acceptors (Lipinski definition) is 2. The van der Waals surface area contributed by atoms with E-state index in [2.05, 4.69) is 22.5 Å². The Labute approximate surface area is 135 Å². The molecule has 23 heavy (non-hydrogen) atoms. The molecule has 0 aliphatic carbocycles. The Bertz CT molecular complexity index is 802. The van der Waals surface area contributed by atoms with Crippen LogP contribution >= 0.6 is 0 Å². The van der Waals surface area contributed by atoms with E-state index in [1.807, 2.05) is 54.2 Å². The Hall–Kier alpha value is -2.82. The van der Waals surface area contributed by atoms with Gasteiger partial charge in [-0.25, -0.2) is 0 Å². The summed E-state index contributed by atoms with van der Waals surface area (Å²) < 4.78 is 3.61. The van der Waals surface area contributed by atoms with Crippen molar-refractivity contribution in [2.45, 2.75) is 6.42 Å². The SMILES string of the molecule is Cn1cccc1-c1cc(C(=O)NCCc2ccccc2)n(C)n1. The molecular weight excluding hydrogens is 288 g/mol. The average Bonchev–Trinajstić information content (AvgIpc) is 3.14. The zero-order valence-corrected chi connectivity index (χ0v) is 13.4. The van der Waals surface area contributed by atoms with Crippen LogP contribution in [-0.4, -0.2) is 26.8 Å². The molecule has 1 aromatic carbocycles. The van der Waals surface area contributed by atoms with Crippen molar-refractivity contribution >= 4 is 5.91 Å². The maximum atomic E-state index is 12.3. The first kappa shape index (κ1) is 15.1. The van der Waals surface area contributed by atoms with Crippen molar-refractivity contribution in [3.8, 4) is 11.4 Å². The van der Waals surface area contributed by atoms with Crippen LogP contribution in [0, 0.1) is 0 Å². The molecule has 118 valence electrons. The fourth-order valence-electron chi connectivity index (χ4n) is 2.59. The monoisotopic (exact) mass is 308 g/mol. The van der Waals surface area contributed by atoms with Gasteiger partial charge in [0.15, 0.2) is 0 Å². The van der Waals surface area contributed by atoms with E-state index in [9.17, 15) is 4.79 Å². The molecule has 1 amide bonds. The van der Waals surface area contributed by atoms with Crippen LogP contribution < -0.4 is 5.32 Å². The molecule has 0 bridgehead atoms. The molecule has 1 N–H and O–H groups in total. The summed E-state index contributed by atoms with van der Waals surface area (Å²) in [4.78, 5) is 12.3. The van der Waals surface area contributed by atoms with Gasteiger partial charge in [-0.05, 0) is 30.2 Å². The van der Waals surface area contributed by atoms with Gasteiger partial charge in [0, 0.05) is 26.8 Å². The van der Waals surface area contributed by atoms with Crippen molar-refractivity contribution in [2.24, 2.45) is 14.1 Å². The summed E-state index contributed by atoms with van der Waals surface area (Å²) in [6.45, 7) is 0.605. The molecule has 2 heterocycles. The van der Waals surface area contributed by atoms with Crippen molar-refractivity contribution < 1.29 is 4.79 Å². The van der Waals surface area contributed by atoms with Crippen LogP contribution in [0.3, 0.4) is 0 Å². The van der Waals surface area contributed by atoms with E-state index in [0.29, 0.717) is 12.2 Å². The number of rotatable bonds is 5. The Morgan fingerprint density at radius 2 is 1.91 bits per heavy atom. The number of benzene rings is 1. The van der Waals surface area contributed by atoms with Crippen LogP contribution in [0.2, 0.25) is 0 Å². The van der Waals surface area contributed by atoms with Gasteiger partial charge in [0.2, 0.25) is 0 Å². The predicted molar refractivity (Wildman–Crippen MR) is 90.1 cm³/mol. The van der Waals surface area contributed by atoms with Gasteiger partial charge in [0.1, 0.15) is 11.4 Å². The lowest BCUT2D eigenvalue weighted by Gasteiger charge is -2.05. The third-order valence-corrected chi connectivity index (χ3v) is 3.86. The highest BCUT2D eigenvalue weighted by Crippen LogP contribution is 2.18. The smallest absolute Gasteiger partial charge is 0.269 e. The highest BCUT2D eigenvalue weighted by molar-refractivity contribution is 5.93. The van der Waals surface area contributed by atoms with Crippen molar-refractivity contribution in [3.63, 3.8) is 0 Å². The lowest BCUT2D eigenvalue weighted by atomic mass is 10.1. The van der Waals surface area contributed by atoms with Crippen LogP contribution in [0.25, 0.3) is 11.4 Å². The highest BCUT2D eigenvalue weighted by Gasteiger charge is 2.15. The summed E-state index contributed by atoms with van der Waals surface area (Å²) in [6.07, 6.45) is 2.78. The summed E-state index contributed by atoms with van der Waals surface area (Å²) in [5.41, 5.74) is 3.56. The number of hydrogen-bond donors (Lipinski definition) is 1. The van der Waals surface area contributed by atoms with Crippen LogP contribution in [0.5, 0.6) is 0 Å². The van der Waals surface area contributed by atoms with Gasteiger partial charge in [-0.15, -0.1) is 0 Å². The molecule has 0 spiro atoms. The maximum absolute atomic E-state index is 12.3. The minimum Gasteiger partial charge on any atom is -0.350 e. The Morgan fingerprint density at radius 3 is 2.61 bits per heavy atom. The van der Waals surface area contributed by atoms with E-state index >= 15 is 0 Å². The fourth-order valence-corrected chi connectivity index (χ4v) is 2.59. The zero-order chi connectivity index (χ0) is 16.2. The normalized spacial score (nSPS) is 10.7. The number of amides is 1. The number of nitrogens with one attached hydrogen (secondary N) is 1. The lowest BCUT2D eigenvalue weighted by Crippen LogP contribution is -2.27. The topological polar surface area (TPSA) is 51.9 Å². The van der Waals surface area contributed by atoms with E-state index in [1.165, 1.54) is 5.56 Å². The van der Waals surface area contributed by atoms with Gasteiger partial charge in [-0.3, -0.25) is 9.48 Å². The molecular formula is C18H20N4O. The second-order valence-corrected chi connectivity index (χ2v) is 5.53. The largest absolute Gasteiger partial charge is 0.350 e. The lowest BCUT2D eigenvalue weighted by molar-refractivity contribution is 0.0944. The van der Waals surface area contributed by atoms with E-state index in [0.717, 1.165) is 17.8 Å². The van der Waals surface area contributed by atoms with Crippen LogP contribution in [-0.2, 0) is 20.5 Å². The minimum absolute atomic E-state index is 0.101. The van der Waals surface area contributed by atoms with E-state index in [-0.39, 0.29) is 5.91 Å².